The summed E-state index contributed by atoms with van der Waals surface area (Å²) in [4.78, 5) is 29.5. The number of carbonyl (C=O) groups excluding carboxylic acids is 1. The molecule has 106 valence electrons. The number of halogens is 1. The monoisotopic (exact) mass is 363 g/mol. The molecule has 5 nitrogen and oxygen atoms in total. The molecule has 0 radical (unpaired) electrons. The van der Waals surface area contributed by atoms with Gasteiger partial charge >= 0.3 is 0 Å². The fraction of sp³-hybridized carbons (Fsp3) is 0.0714. The van der Waals surface area contributed by atoms with Crippen molar-refractivity contribution in [3.8, 4) is 0 Å². The van der Waals surface area contributed by atoms with Crippen LogP contribution in [0.2, 0.25) is 0 Å². The molecule has 0 saturated carbocycles. The fourth-order valence-electron chi connectivity index (χ4n) is 1.91. The zero-order valence-corrected chi connectivity index (χ0v) is 13.4. The predicted octanol–water partition coefficient (Wildman–Crippen LogP) is 3.08. The highest BCUT2D eigenvalue weighted by Gasteiger charge is 2.14. The van der Waals surface area contributed by atoms with Crippen molar-refractivity contribution >= 4 is 43.8 Å². The minimum absolute atomic E-state index is 0.207. The van der Waals surface area contributed by atoms with Crippen LogP contribution >= 0.6 is 27.3 Å². The number of aromatic nitrogens is 2. The number of aryl methyl sites for hydroxylation is 1. The van der Waals surface area contributed by atoms with Crippen LogP contribution in [0, 0.1) is 6.92 Å². The summed E-state index contributed by atoms with van der Waals surface area (Å²) in [6.07, 6.45) is 1.64. The summed E-state index contributed by atoms with van der Waals surface area (Å²) >= 11 is 4.69. The van der Waals surface area contributed by atoms with E-state index in [1.165, 1.54) is 15.7 Å². The summed E-state index contributed by atoms with van der Waals surface area (Å²) < 4.78 is 2.31. The highest BCUT2D eigenvalue weighted by atomic mass is 79.9. The molecule has 0 aliphatic heterocycles. The van der Waals surface area contributed by atoms with Crippen molar-refractivity contribution in [1.29, 1.82) is 0 Å². The topological polar surface area (TPSA) is 63.5 Å². The van der Waals surface area contributed by atoms with Crippen molar-refractivity contribution in [2.24, 2.45) is 0 Å². The molecule has 3 aromatic rings. The summed E-state index contributed by atoms with van der Waals surface area (Å²) in [7, 11) is 0. The highest BCUT2D eigenvalue weighted by Crippen LogP contribution is 2.15. The Kier molecular flexibility index (Phi) is 3.60. The van der Waals surface area contributed by atoms with E-state index in [4.69, 9.17) is 0 Å². The molecule has 21 heavy (non-hydrogen) atoms. The lowest BCUT2D eigenvalue weighted by Crippen LogP contribution is -2.24. The molecule has 3 rings (SSSR count). The second-order valence-electron chi connectivity index (χ2n) is 4.39. The van der Waals surface area contributed by atoms with Crippen molar-refractivity contribution in [3.63, 3.8) is 0 Å². The number of fused-ring (bicyclic) bond motifs is 1. The number of anilines is 1. The molecule has 7 heteroatoms. The summed E-state index contributed by atoms with van der Waals surface area (Å²) in [5.41, 5.74) is 0.920. The second-order valence-corrected chi connectivity index (χ2v) is 6.18. The van der Waals surface area contributed by atoms with E-state index in [0.717, 1.165) is 4.47 Å². The Bertz CT molecular complexity index is 883. The summed E-state index contributed by atoms with van der Waals surface area (Å²) in [6.45, 7) is 1.71. The van der Waals surface area contributed by atoms with E-state index < -0.39 is 0 Å². The number of hydrogen-bond donors (Lipinski definition) is 1. The van der Waals surface area contributed by atoms with Crippen LogP contribution in [-0.2, 0) is 0 Å². The number of benzene rings is 1. The van der Waals surface area contributed by atoms with E-state index >= 15 is 0 Å². The van der Waals surface area contributed by atoms with E-state index in [-0.39, 0.29) is 17.2 Å². The first-order valence-electron chi connectivity index (χ1n) is 6.09. The molecule has 0 atom stereocenters. The van der Waals surface area contributed by atoms with Gasteiger partial charge in [-0.1, -0.05) is 15.9 Å². The minimum atomic E-state index is -0.334. The fourth-order valence-corrected chi connectivity index (χ4v) is 2.93. The Morgan fingerprint density at radius 3 is 2.76 bits per heavy atom. The molecule has 0 saturated heterocycles. The number of rotatable bonds is 2. The number of hydrogen-bond acceptors (Lipinski definition) is 4. The van der Waals surface area contributed by atoms with Gasteiger partial charge in [0, 0.05) is 21.6 Å². The van der Waals surface area contributed by atoms with Gasteiger partial charge in [-0.15, -0.1) is 11.3 Å². The van der Waals surface area contributed by atoms with Crippen LogP contribution in [0.15, 0.2) is 45.1 Å². The van der Waals surface area contributed by atoms with Crippen molar-refractivity contribution < 1.29 is 4.79 Å². The van der Waals surface area contributed by atoms with Gasteiger partial charge in [0.2, 0.25) is 0 Å². The third-order valence-corrected chi connectivity index (χ3v) is 4.28. The van der Waals surface area contributed by atoms with E-state index in [9.17, 15) is 9.59 Å². The van der Waals surface area contributed by atoms with Crippen LogP contribution in [-0.4, -0.2) is 15.3 Å². The maximum atomic E-state index is 12.3. The molecular weight excluding hydrogens is 354 g/mol. The van der Waals surface area contributed by atoms with Crippen LogP contribution in [0.4, 0.5) is 5.69 Å². The van der Waals surface area contributed by atoms with Gasteiger partial charge in [-0.2, -0.15) is 0 Å². The van der Waals surface area contributed by atoms with Gasteiger partial charge in [-0.05, 0) is 31.2 Å². The van der Waals surface area contributed by atoms with Crippen LogP contribution in [0.3, 0.4) is 0 Å². The Labute approximate surface area is 132 Å². The van der Waals surface area contributed by atoms with Crippen LogP contribution in [0.5, 0.6) is 0 Å². The van der Waals surface area contributed by atoms with Gasteiger partial charge in [-0.25, -0.2) is 4.98 Å². The molecule has 1 N–H and O–H groups in total. The number of nitrogens with one attached hydrogen (secondary N) is 1. The Balaban J connectivity index is 1.99. The second kappa shape index (κ2) is 5.42. The number of nitrogens with zero attached hydrogens (tertiary/aromatic N) is 2. The minimum Gasteiger partial charge on any atom is -0.316 e. The van der Waals surface area contributed by atoms with Crippen LogP contribution in [0.1, 0.15) is 16.1 Å². The quantitative estimate of drug-likeness (QED) is 0.760. The van der Waals surface area contributed by atoms with E-state index in [1.54, 1.807) is 42.8 Å². The van der Waals surface area contributed by atoms with Gasteiger partial charge in [0.15, 0.2) is 4.96 Å². The van der Waals surface area contributed by atoms with Gasteiger partial charge < -0.3 is 5.32 Å². The smallest absolute Gasteiger partial charge is 0.282 e. The molecular formula is C14H10BrN3O2S. The van der Waals surface area contributed by atoms with E-state index in [1.807, 2.05) is 0 Å². The first-order chi connectivity index (χ1) is 10.1. The van der Waals surface area contributed by atoms with Gasteiger partial charge in [0.05, 0.1) is 5.69 Å². The van der Waals surface area contributed by atoms with Crippen molar-refractivity contribution in [2.45, 2.75) is 6.92 Å². The molecule has 0 spiro atoms. The molecule has 1 aromatic carbocycles. The molecule has 2 aromatic heterocycles. The maximum Gasteiger partial charge on any atom is 0.282 e. The zero-order chi connectivity index (χ0) is 15.0. The average Bonchev–Trinajstić information content (AvgIpc) is 2.92. The summed E-state index contributed by atoms with van der Waals surface area (Å²) in [5.74, 6) is -0.334. The standard InChI is InChI=1S/C14H10BrN3O2S/c1-8-11(13(20)18-6-7-21-14(18)16-8)17-12(19)9-2-4-10(15)5-3-9/h2-7H,1H3,(H,17,19). The van der Waals surface area contributed by atoms with Gasteiger partial charge in [0.25, 0.3) is 11.5 Å². The number of carbonyl (C=O) groups is 1. The molecule has 0 aliphatic rings. The average molecular weight is 364 g/mol. The molecule has 0 aliphatic carbocycles. The number of amides is 1. The molecule has 0 unspecified atom stereocenters. The first-order valence-corrected chi connectivity index (χ1v) is 7.77. The van der Waals surface area contributed by atoms with Gasteiger partial charge in [0.1, 0.15) is 5.69 Å². The first kappa shape index (κ1) is 14.0. The Hall–Kier alpha value is -1.99. The van der Waals surface area contributed by atoms with Crippen molar-refractivity contribution in [3.05, 3.63) is 61.9 Å². The van der Waals surface area contributed by atoms with Gasteiger partial charge in [-0.3, -0.25) is 14.0 Å². The highest BCUT2D eigenvalue weighted by molar-refractivity contribution is 9.10. The lowest BCUT2D eigenvalue weighted by molar-refractivity contribution is 0.102. The van der Waals surface area contributed by atoms with E-state index in [0.29, 0.717) is 16.2 Å². The van der Waals surface area contributed by atoms with Crippen LogP contribution in [0.25, 0.3) is 4.96 Å². The lowest BCUT2D eigenvalue weighted by atomic mass is 10.2. The Morgan fingerprint density at radius 2 is 2.05 bits per heavy atom. The SMILES string of the molecule is Cc1nc2sccn2c(=O)c1NC(=O)c1ccc(Br)cc1. The summed E-state index contributed by atoms with van der Waals surface area (Å²) in [6, 6.07) is 6.91. The molecule has 2 heterocycles. The molecule has 1 amide bonds. The third kappa shape index (κ3) is 2.62. The summed E-state index contributed by atoms with van der Waals surface area (Å²) in [5, 5.41) is 4.43. The molecule has 0 fully saturated rings. The normalized spacial score (nSPS) is 10.8. The lowest BCUT2D eigenvalue weighted by Gasteiger charge is -2.07. The Morgan fingerprint density at radius 1 is 1.33 bits per heavy atom. The van der Waals surface area contributed by atoms with Crippen LogP contribution < -0.4 is 10.9 Å². The number of thiazole rings is 1. The zero-order valence-electron chi connectivity index (χ0n) is 11.0. The third-order valence-electron chi connectivity index (χ3n) is 2.99. The largest absolute Gasteiger partial charge is 0.316 e. The molecule has 0 bridgehead atoms. The maximum absolute atomic E-state index is 12.3. The predicted molar refractivity (Wildman–Crippen MR) is 86.2 cm³/mol. The van der Waals surface area contributed by atoms with Crippen molar-refractivity contribution in [2.75, 3.05) is 5.32 Å². The van der Waals surface area contributed by atoms with E-state index in [2.05, 4.69) is 26.2 Å². The van der Waals surface area contributed by atoms with Crippen molar-refractivity contribution in [1.82, 2.24) is 9.38 Å².